The molecule has 3 aromatic carbocycles. The highest BCUT2D eigenvalue weighted by Crippen LogP contribution is 2.46. The lowest BCUT2D eigenvalue weighted by molar-refractivity contribution is 0.112. The van der Waals surface area contributed by atoms with Crippen molar-refractivity contribution in [2.24, 2.45) is 0 Å². The molecule has 0 heterocycles. The maximum Gasteiger partial charge on any atom is 0.203 e. The molecule has 0 N–H and O–H groups in total. The SMILES string of the molecule is COc1cc(C=O)c(-c2ccc3ccccc3c2)c(OC)c1OC. The van der Waals surface area contributed by atoms with Crippen molar-refractivity contribution in [1.82, 2.24) is 0 Å². The van der Waals surface area contributed by atoms with E-state index in [1.165, 1.54) is 7.11 Å². The normalized spacial score (nSPS) is 10.5. The Morgan fingerprint density at radius 1 is 0.792 bits per heavy atom. The summed E-state index contributed by atoms with van der Waals surface area (Å²) in [7, 11) is 4.63. The number of methoxy groups -OCH3 is 3. The zero-order chi connectivity index (χ0) is 17.1. The molecule has 3 aromatic rings. The molecule has 122 valence electrons. The number of benzene rings is 3. The number of carbonyl (C=O) groups excluding carboxylic acids is 1. The van der Waals surface area contributed by atoms with Gasteiger partial charge in [0.2, 0.25) is 5.75 Å². The summed E-state index contributed by atoms with van der Waals surface area (Å²) in [5.74, 6) is 1.41. The quantitative estimate of drug-likeness (QED) is 0.655. The Bertz CT molecular complexity index is 900. The van der Waals surface area contributed by atoms with Crippen molar-refractivity contribution < 1.29 is 19.0 Å². The Kier molecular flexibility index (Phi) is 4.38. The number of hydrogen-bond donors (Lipinski definition) is 0. The average Bonchev–Trinajstić information content (AvgIpc) is 2.65. The first-order chi connectivity index (χ1) is 11.7. The van der Waals surface area contributed by atoms with Gasteiger partial charge in [0.1, 0.15) is 0 Å². The smallest absolute Gasteiger partial charge is 0.203 e. The van der Waals surface area contributed by atoms with Crippen LogP contribution >= 0.6 is 0 Å². The van der Waals surface area contributed by atoms with Gasteiger partial charge < -0.3 is 14.2 Å². The van der Waals surface area contributed by atoms with E-state index in [-0.39, 0.29) is 0 Å². The van der Waals surface area contributed by atoms with Gasteiger partial charge in [0.25, 0.3) is 0 Å². The largest absolute Gasteiger partial charge is 0.493 e. The molecular formula is C20H18O4. The van der Waals surface area contributed by atoms with Crippen LogP contribution in [0.1, 0.15) is 10.4 Å². The van der Waals surface area contributed by atoms with Crippen molar-refractivity contribution in [3.05, 3.63) is 54.1 Å². The topological polar surface area (TPSA) is 44.8 Å². The van der Waals surface area contributed by atoms with E-state index in [1.54, 1.807) is 20.3 Å². The third-order valence-corrected chi connectivity index (χ3v) is 4.03. The number of hydrogen-bond acceptors (Lipinski definition) is 4. The number of rotatable bonds is 5. The maximum atomic E-state index is 11.6. The second kappa shape index (κ2) is 6.62. The first-order valence-corrected chi connectivity index (χ1v) is 7.50. The Labute approximate surface area is 140 Å². The molecule has 0 atom stereocenters. The van der Waals surface area contributed by atoms with Crippen molar-refractivity contribution in [1.29, 1.82) is 0 Å². The van der Waals surface area contributed by atoms with E-state index in [1.807, 2.05) is 42.5 Å². The highest BCUT2D eigenvalue weighted by molar-refractivity contribution is 5.96. The highest BCUT2D eigenvalue weighted by atomic mass is 16.5. The number of fused-ring (bicyclic) bond motifs is 1. The standard InChI is InChI=1S/C20H18O4/c1-22-17-11-16(12-21)18(20(24-3)19(17)23-2)15-9-8-13-6-4-5-7-14(13)10-15/h4-12H,1-3H3. The van der Waals surface area contributed by atoms with E-state index < -0.39 is 0 Å². The van der Waals surface area contributed by atoms with Gasteiger partial charge in [-0.2, -0.15) is 0 Å². The van der Waals surface area contributed by atoms with Crippen molar-refractivity contribution in [3.63, 3.8) is 0 Å². The summed E-state index contributed by atoms with van der Waals surface area (Å²) in [5.41, 5.74) is 2.06. The van der Waals surface area contributed by atoms with E-state index in [4.69, 9.17) is 14.2 Å². The molecule has 0 aliphatic carbocycles. The molecule has 24 heavy (non-hydrogen) atoms. The molecule has 0 aromatic heterocycles. The Morgan fingerprint density at radius 3 is 2.12 bits per heavy atom. The van der Waals surface area contributed by atoms with Crippen LogP contribution < -0.4 is 14.2 Å². The molecule has 0 spiro atoms. The van der Waals surface area contributed by atoms with Gasteiger partial charge >= 0.3 is 0 Å². The fraction of sp³-hybridized carbons (Fsp3) is 0.150. The second-order valence-corrected chi connectivity index (χ2v) is 5.29. The Hall–Kier alpha value is -3.01. The summed E-state index contributed by atoms with van der Waals surface area (Å²) in [6.07, 6.45) is 0.801. The Balaban J connectivity index is 2.33. The zero-order valence-electron chi connectivity index (χ0n) is 13.8. The summed E-state index contributed by atoms with van der Waals surface area (Å²) in [5, 5.41) is 2.22. The van der Waals surface area contributed by atoms with Crippen LogP contribution in [0.5, 0.6) is 17.2 Å². The van der Waals surface area contributed by atoms with Gasteiger partial charge in [-0.05, 0) is 28.5 Å². The van der Waals surface area contributed by atoms with E-state index in [9.17, 15) is 4.79 Å². The molecule has 0 saturated carbocycles. The fourth-order valence-electron chi connectivity index (χ4n) is 2.91. The maximum absolute atomic E-state index is 11.6. The third-order valence-electron chi connectivity index (χ3n) is 4.03. The molecule has 0 saturated heterocycles. The minimum atomic E-state index is 0.459. The lowest BCUT2D eigenvalue weighted by Gasteiger charge is -2.18. The van der Waals surface area contributed by atoms with Crippen molar-refractivity contribution in [2.45, 2.75) is 0 Å². The molecule has 4 nitrogen and oxygen atoms in total. The summed E-state index contributed by atoms with van der Waals surface area (Å²) in [6.45, 7) is 0. The highest BCUT2D eigenvalue weighted by Gasteiger charge is 2.21. The lowest BCUT2D eigenvalue weighted by Crippen LogP contribution is -2.00. The average molecular weight is 322 g/mol. The van der Waals surface area contributed by atoms with Gasteiger partial charge in [0.15, 0.2) is 17.8 Å². The van der Waals surface area contributed by atoms with Gasteiger partial charge in [0, 0.05) is 11.1 Å². The first kappa shape index (κ1) is 15.9. The third kappa shape index (κ3) is 2.56. The van der Waals surface area contributed by atoms with Gasteiger partial charge in [-0.25, -0.2) is 0 Å². The fourth-order valence-corrected chi connectivity index (χ4v) is 2.91. The van der Waals surface area contributed by atoms with Crippen molar-refractivity contribution in [2.75, 3.05) is 21.3 Å². The summed E-state index contributed by atoms with van der Waals surface area (Å²) >= 11 is 0. The summed E-state index contributed by atoms with van der Waals surface area (Å²) in [4.78, 5) is 11.6. The van der Waals surface area contributed by atoms with Crippen LogP contribution in [0.15, 0.2) is 48.5 Å². The number of carbonyl (C=O) groups is 1. The first-order valence-electron chi connectivity index (χ1n) is 7.50. The molecular weight excluding hydrogens is 304 g/mol. The van der Waals surface area contributed by atoms with Gasteiger partial charge in [-0.1, -0.05) is 36.4 Å². The summed E-state index contributed by atoms with van der Waals surface area (Å²) < 4.78 is 16.3. The van der Waals surface area contributed by atoms with Crippen molar-refractivity contribution in [3.8, 4) is 28.4 Å². The molecule has 0 aliphatic heterocycles. The lowest BCUT2D eigenvalue weighted by atomic mass is 9.95. The molecule has 0 amide bonds. The van der Waals surface area contributed by atoms with E-state index in [0.717, 1.165) is 22.6 Å². The van der Waals surface area contributed by atoms with Gasteiger partial charge in [0.05, 0.1) is 21.3 Å². The number of aldehydes is 1. The molecule has 3 rings (SSSR count). The van der Waals surface area contributed by atoms with Crippen LogP contribution in [0.2, 0.25) is 0 Å². The van der Waals surface area contributed by atoms with Gasteiger partial charge in [-0.3, -0.25) is 4.79 Å². The van der Waals surface area contributed by atoms with Crippen LogP contribution in [-0.2, 0) is 0 Å². The second-order valence-electron chi connectivity index (χ2n) is 5.29. The summed E-state index contributed by atoms with van der Waals surface area (Å²) in [6, 6.07) is 15.8. The predicted molar refractivity (Wildman–Crippen MR) is 94.4 cm³/mol. The monoisotopic (exact) mass is 322 g/mol. The van der Waals surface area contributed by atoms with Crippen molar-refractivity contribution >= 4 is 17.1 Å². The van der Waals surface area contributed by atoms with E-state index in [2.05, 4.69) is 0 Å². The van der Waals surface area contributed by atoms with Gasteiger partial charge in [-0.15, -0.1) is 0 Å². The Morgan fingerprint density at radius 2 is 1.50 bits per heavy atom. The molecule has 0 bridgehead atoms. The molecule has 0 unspecified atom stereocenters. The minimum Gasteiger partial charge on any atom is -0.493 e. The minimum absolute atomic E-state index is 0.459. The van der Waals surface area contributed by atoms with Crippen LogP contribution in [0, 0.1) is 0 Å². The van der Waals surface area contributed by atoms with Crippen LogP contribution in [0.3, 0.4) is 0 Å². The van der Waals surface area contributed by atoms with Crippen LogP contribution in [0.4, 0.5) is 0 Å². The van der Waals surface area contributed by atoms with E-state index >= 15 is 0 Å². The predicted octanol–water partition coefficient (Wildman–Crippen LogP) is 4.35. The molecule has 0 fully saturated rings. The zero-order valence-corrected chi connectivity index (χ0v) is 13.8. The molecule has 0 radical (unpaired) electrons. The molecule has 4 heteroatoms. The number of ether oxygens (including phenoxy) is 3. The molecule has 0 aliphatic rings. The van der Waals surface area contributed by atoms with Crippen LogP contribution in [0.25, 0.3) is 21.9 Å². The van der Waals surface area contributed by atoms with Crippen LogP contribution in [-0.4, -0.2) is 27.6 Å². The van der Waals surface area contributed by atoms with E-state index in [0.29, 0.717) is 28.4 Å².